The Morgan fingerprint density at radius 1 is 1.44 bits per heavy atom. The molecule has 0 spiro atoms. The highest BCUT2D eigenvalue weighted by molar-refractivity contribution is 5.34. The molecule has 0 amide bonds. The minimum absolute atomic E-state index is 0.0823. The highest BCUT2D eigenvalue weighted by atomic mass is 15.3. The van der Waals surface area contributed by atoms with Gasteiger partial charge in [0.1, 0.15) is 0 Å². The normalized spacial score (nSPS) is 12.9. The van der Waals surface area contributed by atoms with Gasteiger partial charge in [0.15, 0.2) is 0 Å². The molecule has 0 aliphatic heterocycles. The summed E-state index contributed by atoms with van der Waals surface area (Å²) >= 11 is 0. The second-order valence-electron chi connectivity index (χ2n) is 4.38. The topological polar surface area (TPSA) is 73.7 Å². The van der Waals surface area contributed by atoms with Crippen LogP contribution in [0.4, 0.5) is 0 Å². The number of hydrogen-bond donors (Lipinski definition) is 2. The average molecular weight is 248 g/mol. The molecular weight excluding hydrogens is 228 g/mol. The smallest absolute Gasteiger partial charge is 0.0913 e. The fourth-order valence-corrected chi connectivity index (χ4v) is 2.38. The monoisotopic (exact) mass is 248 g/mol. The lowest BCUT2D eigenvalue weighted by molar-refractivity contribution is 0.540. The first-order valence-corrected chi connectivity index (χ1v) is 6.08. The number of nitrogens with two attached hydrogens (primary N) is 1. The third-order valence-corrected chi connectivity index (χ3v) is 3.37. The molecule has 0 aliphatic rings. The number of aromatic nitrogens is 4. The van der Waals surface area contributed by atoms with Crippen LogP contribution in [-0.4, -0.2) is 19.6 Å². The van der Waals surface area contributed by atoms with E-state index in [2.05, 4.69) is 22.5 Å². The first kappa shape index (κ1) is 12.8. The van der Waals surface area contributed by atoms with Crippen LogP contribution in [0, 0.1) is 13.8 Å². The van der Waals surface area contributed by atoms with E-state index < -0.39 is 0 Å². The maximum absolute atomic E-state index is 5.74. The van der Waals surface area contributed by atoms with Crippen molar-refractivity contribution < 1.29 is 0 Å². The molecule has 18 heavy (non-hydrogen) atoms. The van der Waals surface area contributed by atoms with Crippen LogP contribution in [0.3, 0.4) is 0 Å². The van der Waals surface area contributed by atoms with E-state index >= 15 is 0 Å². The van der Waals surface area contributed by atoms with E-state index in [1.807, 2.05) is 36.3 Å². The van der Waals surface area contributed by atoms with Crippen molar-refractivity contribution in [3.8, 4) is 0 Å². The Labute approximate surface area is 107 Å². The van der Waals surface area contributed by atoms with Crippen LogP contribution in [0.25, 0.3) is 0 Å². The van der Waals surface area contributed by atoms with Crippen LogP contribution >= 0.6 is 0 Å². The van der Waals surface area contributed by atoms with Crippen molar-refractivity contribution in [2.24, 2.45) is 12.9 Å². The molecule has 98 valence electrons. The van der Waals surface area contributed by atoms with Crippen molar-refractivity contribution in [2.45, 2.75) is 33.4 Å². The first-order valence-electron chi connectivity index (χ1n) is 6.08. The number of hydrogen-bond acceptors (Lipinski definition) is 4. The van der Waals surface area contributed by atoms with Crippen LogP contribution < -0.4 is 11.3 Å². The van der Waals surface area contributed by atoms with Gasteiger partial charge in [-0.1, -0.05) is 0 Å². The van der Waals surface area contributed by atoms with Crippen molar-refractivity contribution in [3.63, 3.8) is 0 Å². The predicted octanol–water partition coefficient (Wildman–Crippen LogP) is 0.806. The van der Waals surface area contributed by atoms with Crippen LogP contribution in [0.2, 0.25) is 0 Å². The fraction of sp³-hybridized carbons (Fsp3) is 0.500. The van der Waals surface area contributed by atoms with E-state index in [0.717, 1.165) is 29.2 Å². The summed E-state index contributed by atoms with van der Waals surface area (Å²) in [6, 6.07) is 1.90. The Bertz CT molecular complexity index is 539. The summed E-state index contributed by atoms with van der Waals surface area (Å²) in [4.78, 5) is 0. The molecule has 6 heteroatoms. The van der Waals surface area contributed by atoms with Gasteiger partial charge in [0.25, 0.3) is 0 Å². The van der Waals surface area contributed by atoms with Crippen molar-refractivity contribution in [3.05, 3.63) is 34.9 Å². The molecule has 2 rings (SSSR count). The van der Waals surface area contributed by atoms with E-state index in [1.54, 1.807) is 6.20 Å². The first-order chi connectivity index (χ1) is 8.60. The molecule has 2 aromatic heterocycles. The number of nitrogens with one attached hydrogen (secondary N) is 1. The van der Waals surface area contributed by atoms with Gasteiger partial charge in [-0.05, 0) is 26.8 Å². The minimum Gasteiger partial charge on any atom is -0.272 e. The quantitative estimate of drug-likeness (QED) is 0.620. The van der Waals surface area contributed by atoms with Gasteiger partial charge in [0.2, 0.25) is 0 Å². The Hall–Kier alpha value is -1.66. The molecule has 2 heterocycles. The molecule has 0 fully saturated rings. The SMILES string of the molecule is CCn1nccc1C(NN)c1c(C)nn(C)c1C. The summed E-state index contributed by atoms with van der Waals surface area (Å²) in [6.45, 7) is 6.93. The lowest BCUT2D eigenvalue weighted by Gasteiger charge is -2.18. The van der Waals surface area contributed by atoms with Crippen LogP contribution in [0.5, 0.6) is 0 Å². The van der Waals surface area contributed by atoms with Crippen molar-refractivity contribution in [1.82, 2.24) is 25.0 Å². The Kier molecular flexibility index (Phi) is 3.49. The Morgan fingerprint density at radius 3 is 2.67 bits per heavy atom. The lowest BCUT2D eigenvalue weighted by Crippen LogP contribution is -2.31. The fourth-order valence-electron chi connectivity index (χ4n) is 2.38. The van der Waals surface area contributed by atoms with Crippen LogP contribution in [0.15, 0.2) is 12.3 Å². The van der Waals surface area contributed by atoms with E-state index in [-0.39, 0.29) is 6.04 Å². The summed E-state index contributed by atoms with van der Waals surface area (Å²) in [5.74, 6) is 5.74. The molecular formula is C12H20N6. The summed E-state index contributed by atoms with van der Waals surface area (Å²) in [5.41, 5.74) is 7.15. The number of aryl methyl sites for hydroxylation is 3. The summed E-state index contributed by atoms with van der Waals surface area (Å²) in [6.07, 6.45) is 1.80. The van der Waals surface area contributed by atoms with Gasteiger partial charge in [0, 0.05) is 31.0 Å². The lowest BCUT2D eigenvalue weighted by atomic mass is 10.0. The third kappa shape index (κ3) is 1.93. The minimum atomic E-state index is -0.0823. The highest BCUT2D eigenvalue weighted by Crippen LogP contribution is 2.26. The predicted molar refractivity (Wildman–Crippen MR) is 69.7 cm³/mol. The van der Waals surface area contributed by atoms with E-state index in [9.17, 15) is 0 Å². The summed E-state index contributed by atoms with van der Waals surface area (Å²) in [7, 11) is 1.94. The van der Waals surface area contributed by atoms with E-state index in [1.165, 1.54) is 0 Å². The second kappa shape index (κ2) is 4.91. The molecule has 0 bridgehead atoms. The largest absolute Gasteiger partial charge is 0.272 e. The van der Waals surface area contributed by atoms with Gasteiger partial charge in [-0.25, -0.2) is 5.43 Å². The van der Waals surface area contributed by atoms with Crippen molar-refractivity contribution >= 4 is 0 Å². The van der Waals surface area contributed by atoms with Gasteiger partial charge in [-0.2, -0.15) is 10.2 Å². The van der Waals surface area contributed by atoms with Crippen LogP contribution in [-0.2, 0) is 13.6 Å². The van der Waals surface area contributed by atoms with Crippen molar-refractivity contribution in [2.75, 3.05) is 0 Å². The molecule has 0 aromatic carbocycles. The maximum Gasteiger partial charge on any atom is 0.0913 e. The molecule has 2 aromatic rings. The Balaban J connectivity index is 2.52. The molecule has 1 unspecified atom stereocenters. The zero-order valence-electron chi connectivity index (χ0n) is 11.3. The van der Waals surface area contributed by atoms with Crippen LogP contribution in [0.1, 0.15) is 35.6 Å². The second-order valence-corrected chi connectivity index (χ2v) is 4.38. The van der Waals surface area contributed by atoms with Gasteiger partial charge < -0.3 is 0 Å². The zero-order chi connectivity index (χ0) is 13.3. The number of hydrazine groups is 1. The zero-order valence-corrected chi connectivity index (χ0v) is 11.3. The maximum atomic E-state index is 5.74. The molecule has 0 saturated heterocycles. The number of rotatable bonds is 4. The van der Waals surface area contributed by atoms with E-state index in [0.29, 0.717) is 0 Å². The average Bonchev–Trinajstić information content (AvgIpc) is 2.90. The van der Waals surface area contributed by atoms with Gasteiger partial charge in [-0.3, -0.25) is 15.2 Å². The summed E-state index contributed by atoms with van der Waals surface area (Å²) < 4.78 is 3.82. The van der Waals surface area contributed by atoms with Gasteiger partial charge >= 0.3 is 0 Å². The standard InChI is InChI=1S/C12H20N6/c1-5-18-10(6-7-14-18)12(15-13)11-8(2)16-17(4)9(11)3/h6-7,12,15H,5,13H2,1-4H3. The molecule has 0 saturated carbocycles. The molecule has 0 aliphatic carbocycles. The molecule has 6 nitrogen and oxygen atoms in total. The third-order valence-electron chi connectivity index (χ3n) is 3.37. The van der Waals surface area contributed by atoms with Gasteiger partial charge in [-0.15, -0.1) is 0 Å². The van der Waals surface area contributed by atoms with E-state index in [4.69, 9.17) is 5.84 Å². The number of nitrogens with zero attached hydrogens (tertiary/aromatic N) is 4. The molecule has 0 radical (unpaired) electrons. The Morgan fingerprint density at radius 2 is 2.17 bits per heavy atom. The summed E-state index contributed by atoms with van der Waals surface area (Å²) in [5, 5.41) is 8.73. The van der Waals surface area contributed by atoms with Gasteiger partial charge in [0.05, 0.1) is 17.4 Å². The highest BCUT2D eigenvalue weighted by Gasteiger charge is 2.23. The van der Waals surface area contributed by atoms with Crippen molar-refractivity contribution in [1.29, 1.82) is 0 Å². The molecule has 1 atom stereocenters. The molecule has 3 N–H and O–H groups in total.